The summed E-state index contributed by atoms with van der Waals surface area (Å²) in [6.45, 7) is 2.20. The molecule has 1 aromatic rings. The molecule has 0 atom stereocenters. The average Bonchev–Trinajstić information content (AvgIpc) is 2.56. The molecular formula is C19H30F3IO3S. The van der Waals surface area contributed by atoms with Gasteiger partial charge in [-0.15, -0.1) is 24.0 Å². The van der Waals surface area contributed by atoms with Gasteiger partial charge in [-0.3, -0.25) is 0 Å². The maximum atomic E-state index is 12.5. The summed E-state index contributed by atoms with van der Waals surface area (Å²) in [7, 11) is -5.63. The summed E-state index contributed by atoms with van der Waals surface area (Å²) in [5, 5.41) is 0. The van der Waals surface area contributed by atoms with Crippen LogP contribution < -0.4 is 4.18 Å². The van der Waals surface area contributed by atoms with Crippen LogP contribution in [-0.4, -0.2) is 13.9 Å². The second-order valence-corrected chi connectivity index (χ2v) is 8.06. The fourth-order valence-corrected chi connectivity index (χ4v) is 3.25. The molecule has 0 aliphatic rings. The molecule has 0 saturated carbocycles. The molecule has 158 valence electrons. The highest BCUT2D eigenvalue weighted by Crippen LogP contribution is 2.29. The zero-order chi connectivity index (χ0) is 19.5. The van der Waals surface area contributed by atoms with Gasteiger partial charge in [0, 0.05) is 0 Å². The Labute approximate surface area is 178 Å². The van der Waals surface area contributed by atoms with Crippen LogP contribution in [0.15, 0.2) is 24.3 Å². The molecule has 0 saturated heterocycles. The first-order valence-corrected chi connectivity index (χ1v) is 10.8. The third-order valence-electron chi connectivity index (χ3n) is 4.26. The highest BCUT2D eigenvalue weighted by atomic mass is 127. The van der Waals surface area contributed by atoms with E-state index in [2.05, 4.69) is 11.1 Å². The molecule has 27 heavy (non-hydrogen) atoms. The molecule has 0 bridgehead atoms. The molecule has 0 radical (unpaired) electrons. The topological polar surface area (TPSA) is 43.4 Å². The molecule has 0 aromatic heterocycles. The molecule has 1 aromatic carbocycles. The van der Waals surface area contributed by atoms with E-state index < -0.39 is 15.6 Å². The van der Waals surface area contributed by atoms with Gasteiger partial charge in [-0.25, -0.2) is 0 Å². The van der Waals surface area contributed by atoms with E-state index in [-0.39, 0.29) is 29.7 Å². The summed E-state index contributed by atoms with van der Waals surface area (Å²) in [5.41, 5.74) is -4.93. The van der Waals surface area contributed by atoms with Crippen molar-refractivity contribution in [2.45, 2.75) is 83.1 Å². The summed E-state index contributed by atoms with van der Waals surface area (Å²) in [6, 6.07) is 5.99. The molecule has 0 aliphatic heterocycles. The monoisotopic (exact) mass is 522 g/mol. The number of para-hydroxylation sites is 1. The van der Waals surface area contributed by atoms with E-state index in [0.717, 1.165) is 25.7 Å². The zero-order valence-corrected chi connectivity index (χ0v) is 18.9. The predicted octanol–water partition coefficient (Wildman–Crippen LogP) is 7.00. The first-order valence-electron chi connectivity index (χ1n) is 9.36. The van der Waals surface area contributed by atoms with Crippen LogP contribution in [0.5, 0.6) is 5.75 Å². The summed E-state index contributed by atoms with van der Waals surface area (Å²) < 4.78 is 64.0. The van der Waals surface area contributed by atoms with Gasteiger partial charge in [-0.05, 0) is 24.5 Å². The van der Waals surface area contributed by atoms with Crippen LogP contribution in [0.4, 0.5) is 13.2 Å². The van der Waals surface area contributed by atoms with Crippen molar-refractivity contribution in [3.05, 3.63) is 29.8 Å². The number of rotatable bonds is 13. The van der Waals surface area contributed by atoms with E-state index in [1.807, 2.05) is 0 Å². The molecule has 1 rings (SSSR count). The molecule has 0 aliphatic carbocycles. The van der Waals surface area contributed by atoms with Gasteiger partial charge >= 0.3 is 15.6 Å². The van der Waals surface area contributed by atoms with Gasteiger partial charge in [0.15, 0.2) is 0 Å². The minimum atomic E-state index is -5.63. The largest absolute Gasteiger partial charge is 0.534 e. The second-order valence-electron chi connectivity index (χ2n) is 6.52. The van der Waals surface area contributed by atoms with Crippen LogP contribution in [0.2, 0.25) is 0 Å². The Morgan fingerprint density at radius 1 is 0.852 bits per heavy atom. The van der Waals surface area contributed by atoms with Crippen molar-refractivity contribution in [3.8, 4) is 5.75 Å². The normalized spacial score (nSPS) is 11.9. The smallest absolute Gasteiger partial charge is 0.376 e. The molecule has 0 amide bonds. The van der Waals surface area contributed by atoms with Crippen LogP contribution in [0.3, 0.4) is 0 Å². The van der Waals surface area contributed by atoms with Crippen LogP contribution in [-0.2, 0) is 16.5 Å². The summed E-state index contributed by atoms with van der Waals surface area (Å²) in [6.07, 6.45) is 12.1. The highest BCUT2D eigenvalue weighted by molar-refractivity contribution is 14.0. The quantitative estimate of drug-likeness (QED) is 0.121. The molecule has 0 spiro atoms. The van der Waals surface area contributed by atoms with Crippen molar-refractivity contribution in [2.24, 2.45) is 0 Å². The van der Waals surface area contributed by atoms with E-state index in [9.17, 15) is 21.6 Å². The SMILES string of the molecule is CCCCCCCCCCCCc1ccccc1OS(=O)(=O)C(F)(F)F.I. The highest BCUT2D eigenvalue weighted by Gasteiger charge is 2.48. The van der Waals surface area contributed by atoms with Gasteiger partial charge in [-0.2, -0.15) is 21.6 Å². The van der Waals surface area contributed by atoms with Crippen molar-refractivity contribution in [2.75, 3.05) is 0 Å². The third kappa shape index (κ3) is 10.6. The summed E-state index contributed by atoms with van der Waals surface area (Å²) in [5.74, 6) is -0.235. The molecule has 0 unspecified atom stereocenters. The lowest BCUT2D eigenvalue weighted by Gasteiger charge is -2.12. The van der Waals surface area contributed by atoms with E-state index >= 15 is 0 Å². The second kappa shape index (κ2) is 13.6. The van der Waals surface area contributed by atoms with E-state index in [0.29, 0.717) is 12.0 Å². The lowest BCUT2D eigenvalue weighted by Crippen LogP contribution is -2.28. The number of halogens is 4. The average molecular weight is 522 g/mol. The molecule has 0 N–H and O–H groups in total. The van der Waals surface area contributed by atoms with E-state index in [1.54, 1.807) is 12.1 Å². The third-order valence-corrected chi connectivity index (χ3v) is 5.22. The Morgan fingerprint density at radius 3 is 1.85 bits per heavy atom. The number of hydrogen-bond acceptors (Lipinski definition) is 3. The van der Waals surface area contributed by atoms with Gasteiger partial charge in [0.05, 0.1) is 0 Å². The summed E-state index contributed by atoms with van der Waals surface area (Å²) in [4.78, 5) is 0. The fourth-order valence-electron chi connectivity index (χ4n) is 2.76. The number of aryl methyl sites for hydroxylation is 1. The van der Waals surface area contributed by atoms with Gasteiger partial charge in [0.1, 0.15) is 5.75 Å². The number of unbranched alkanes of at least 4 members (excludes halogenated alkanes) is 9. The maximum Gasteiger partial charge on any atom is 0.534 e. The molecule has 0 fully saturated rings. The lowest BCUT2D eigenvalue weighted by atomic mass is 10.0. The van der Waals surface area contributed by atoms with Crippen LogP contribution in [0.1, 0.15) is 76.7 Å². The molecule has 8 heteroatoms. The first kappa shape index (κ1) is 26.5. The zero-order valence-electron chi connectivity index (χ0n) is 15.8. The van der Waals surface area contributed by atoms with E-state index in [4.69, 9.17) is 0 Å². The van der Waals surface area contributed by atoms with Gasteiger partial charge in [0.25, 0.3) is 0 Å². The van der Waals surface area contributed by atoms with Gasteiger partial charge < -0.3 is 4.18 Å². The van der Waals surface area contributed by atoms with E-state index in [1.165, 1.54) is 50.7 Å². The van der Waals surface area contributed by atoms with Crippen molar-refractivity contribution < 1.29 is 25.8 Å². The van der Waals surface area contributed by atoms with Gasteiger partial charge in [0.2, 0.25) is 0 Å². The number of hydrogen-bond donors (Lipinski definition) is 0. The van der Waals surface area contributed by atoms with Crippen LogP contribution in [0.25, 0.3) is 0 Å². The lowest BCUT2D eigenvalue weighted by molar-refractivity contribution is -0.0500. The Balaban J connectivity index is 0.00000676. The van der Waals surface area contributed by atoms with Crippen molar-refractivity contribution in [1.82, 2.24) is 0 Å². The Kier molecular flexibility index (Phi) is 13.4. The number of benzene rings is 1. The Hall–Kier alpha value is -0.510. The first-order chi connectivity index (χ1) is 12.3. The summed E-state index contributed by atoms with van der Waals surface area (Å²) >= 11 is 0. The number of alkyl halides is 3. The Bertz CT molecular complexity index is 619. The van der Waals surface area contributed by atoms with Gasteiger partial charge in [-0.1, -0.05) is 82.9 Å². The van der Waals surface area contributed by atoms with Crippen LogP contribution in [0, 0.1) is 0 Å². The molecule has 0 heterocycles. The standard InChI is InChI=1S/C19H29F3O3S.HI/c1-2-3-4-5-6-7-8-9-10-11-14-17-15-12-13-16-18(17)25-26(23,24)19(20,21)22;/h12-13,15-16H,2-11,14H2,1H3;1H. The fraction of sp³-hybridized carbons (Fsp3) is 0.684. The molecular weight excluding hydrogens is 492 g/mol. The molecule has 3 nitrogen and oxygen atoms in total. The predicted molar refractivity (Wildman–Crippen MR) is 113 cm³/mol. The minimum Gasteiger partial charge on any atom is -0.376 e. The van der Waals surface area contributed by atoms with Crippen molar-refractivity contribution in [1.29, 1.82) is 0 Å². The Morgan fingerprint density at radius 2 is 1.33 bits per heavy atom. The van der Waals surface area contributed by atoms with Crippen molar-refractivity contribution in [3.63, 3.8) is 0 Å². The maximum absolute atomic E-state index is 12.5. The van der Waals surface area contributed by atoms with Crippen LogP contribution >= 0.6 is 24.0 Å². The van der Waals surface area contributed by atoms with Crippen molar-refractivity contribution >= 4 is 34.1 Å². The minimum absolute atomic E-state index is 0.